The Morgan fingerprint density at radius 1 is 1.40 bits per heavy atom. The molecule has 0 saturated carbocycles. The van der Waals surface area contributed by atoms with Crippen LogP contribution in [0.1, 0.15) is 40.0 Å². The summed E-state index contributed by atoms with van der Waals surface area (Å²) >= 11 is 0. The number of rotatable bonds is 8. The Hall–Kier alpha value is -0.610. The largest absolute Gasteiger partial charge is 0.379 e. The van der Waals surface area contributed by atoms with Gasteiger partial charge in [0.25, 0.3) is 0 Å². The van der Waals surface area contributed by atoms with Gasteiger partial charge in [-0.3, -0.25) is 4.79 Å². The molecule has 1 amide bonds. The molecule has 0 heterocycles. The monoisotopic (exact) mass is 216 g/mol. The van der Waals surface area contributed by atoms with Gasteiger partial charge < -0.3 is 15.8 Å². The lowest BCUT2D eigenvalue weighted by Gasteiger charge is -2.10. The highest BCUT2D eigenvalue weighted by Crippen LogP contribution is 1.94. The Bertz CT molecular complexity index is 172. The first-order chi connectivity index (χ1) is 7.07. The molecule has 0 aliphatic heterocycles. The molecule has 0 saturated heterocycles. The van der Waals surface area contributed by atoms with E-state index in [9.17, 15) is 4.79 Å². The number of hydrogen-bond acceptors (Lipinski definition) is 3. The number of unbranched alkanes of at least 4 members (excludes halogenated alkanes) is 1. The number of nitrogens with two attached hydrogens (primary N) is 1. The normalized spacial score (nSPS) is 12.9. The zero-order chi connectivity index (χ0) is 11.7. The summed E-state index contributed by atoms with van der Waals surface area (Å²) in [6.45, 7) is 7.38. The van der Waals surface area contributed by atoms with E-state index in [1.807, 2.05) is 20.8 Å². The van der Waals surface area contributed by atoms with Gasteiger partial charge >= 0.3 is 0 Å². The second-order valence-electron chi connectivity index (χ2n) is 3.93. The van der Waals surface area contributed by atoms with Gasteiger partial charge in [0.05, 0.1) is 12.1 Å². The maximum absolute atomic E-state index is 11.2. The summed E-state index contributed by atoms with van der Waals surface area (Å²) in [5.74, 6) is -0.0534. The molecular weight excluding hydrogens is 192 g/mol. The van der Waals surface area contributed by atoms with Crippen LogP contribution >= 0.6 is 0 Å². The molecule has 1 unspecified atom stereocenters. The van der Waals surface area contributed by atoms with Crippen molar-refractivity contribution in [1.29, 1.82) is 0 Å². The number of carbonyl (C=O) groups excluding carboxylic acids is 1. The molecule has 0 rings (SSSR count). The average molecular weight is 216 g/mol. The minimum atomic E-state index is -0.364. The highest BCUT2D eigenvalue weighted by molar-refractivity contribution is 5.81. The number of hydrogen-bond donors (Lipinski definition) is 2. The van der Waals surface area contributed by atoms with Gasteiger partial charge in [0.2, 0.25) is 5.91 Å². The summed E-state index contributed by atoms with van der Waals surface area (Å²) < 4.78 is 5.38. The van der Waals surface area contributed by atoms with Crippen molar-refractivity contribution in [2.45, 2.75) is 52.2 Å². The van der Waals surface area contributed by atoms with Gasteiger partial charge in [-0.1, -0.05) is 6.92 Å². The van der Waals surface area contributed by atoms with E-state index in [1.165, 1.54) is 0 Å². The van der Waals surface area contributed by atoms with Crippen LogP contribution in [0.3, 0.4) is 0 Å². The van der Waals surface area contributed by atoms with Crippen molar-refractivity contribution in [1.82, 2.24) is 5.32 Å². The van der Waals surface area contributed by atoms with Crippen LogP contribution < -0.4 is 11.1 Å². The van der Waals surface area contributed by atoms with E-state index in [-0.39, 0.29) is 18.1 Å². The summed E-state index contributed by atoms with van der Waals surface area (Å²) in [6.07, 6.45) is 2.88. The standard InChI is InChI=1S/C11H24N2O2/c1-4-10(12)11(14)13-7-5-6-8-15-9(2)3/h9-10H,4-8,12H2,1-3H3,(H,13,14). The van der Waals surface area contributed by atoms with Crippen LogP contribution in [0.4, 0.5) is 0 Å². The van der Waals surface area contributed by atoms with Gasteiger partial charge in [-0.25, -0.2) is 0 Å². The van der Waals surface area contributed by atoms with Crippen molar-refractivity contribution in [3.63, 3.8) is 0 Å². The van der Waals surface area contributed by atoms with Gasteiger partial charge in [-0.05, 0) is 33.1 Å². The SMILES string of the molecule is CCC(N)C(=O)NCCCCOC(C)C. The fourth-order valence-corrected chi connectivity index (χ4v) is 1.07. The Morgan fingerprint density at radius 3 is 2.60 bits per heavy atom. The van der Waals surface area contributed by atoms with E-state index < -0.39 is 0 Å². The Balaban J connectivity index is 3.27. The van der Waals surface area contributed by atoms with Crippen molar-refractivity contribution < 1.29 is 9.53 Å². The molecule has 15 heavy (non-hydrogen) atoms. The fraction of sp³-hybridized carbons (Fsp3) is 0.909. The lowest BCUT2D eigenvalue weighted by Crippen LogP contribution is -2.40. The lowest BCUT2D eigenvalue weighted by molar-refractivity contribution is -0.122. The third-order valence-corrected chi connectivity index (χ3v) is 2.10. The maximum atomic E-state index is 11.2. The van der Waals surface area contributed by atoms with E-state index in [0.717, 1.165) is 19.4 Å². The number of carbonyl (C=O) groups is 1. The predicted octanol–water partition coefficient (Wildman–Crippen LogP) is 1.05. The van der Waals surface area contributed by atoms with Crippen molar-refractivity contribution in [2.75, 3.05) is 13.2 Å². The van der Waals surface area contributed by atoms with Crippen LogP contribution in [-0.4, -0.2) is 31.2 Å². The molecule has 0 bridgehead atoms. The molecule has 0 aromatic rings. The Kier molecular flexibility index (Phi) is 8.33. The van der Waals surface area contributed by atoms with Crippen molar-refractivity contribution in [3.05, 3.63) is 0 Å². The first kappa shape index (κ1) is 14.4. The summed E-state index contributed by atoms with van der Waals surface area (Å²) in [4.78, 5) is 11.2. The third kappa shape index (κ3) is 8.39. The van der Waals surface area contributed by atoms with Crippen molar-refractivity contribution in [2.24, 2.45) is 5.73 Å². The number of ether oxygens (including phenoxy) is 1. The van der Waals surface area contributed by atoms with Crippen LogP contribution in [0.2, 0.25) is 0 Å². The van der Waals surface area contributed by atoms with Crippen molar-refractivity contribution in [3.8, 4) is 0 Å². The molecule has 3 N–H and O–H groups in total. The van der Waals surface area contributed by atoms with Gasteiger partial charge in [0.15, 0.2) is 0 Å². The third-order valence-electron chi connectivity index (χ3n) is 2.10. The Morgan fingerprint density at radius 2 is 2.07 bits per heavy atom. The molecule has 4 nitrogen and oxygen atoms in total. The molecule has 0 aromatic heterocycles. The Labute approximate surface area is 92.6 Å². The van der Waals surface area contributed by atoms with Crippen LogP contribution in [0, 0.1) is 0 Å². The molecule has 0 spiro atoms. The topological polar surface area (TPSA) is 64.4 Å². The fourth-order valence-electron chi connectivity index (χ4n) is 1.07. The van der Waals surface area contributed by atoms with Crippen LogP contribution in [0.25, 0.3) is 0 Å². The zero-order valence-corrected chi connectivity index (χ0v) is 10.1. The van der Waals surface area contributed by atoms with E-state index in [2.05, 4.69) is 5.32 Å². The number of amides is 1. The summed E-state index contributed by atoms with van der Waals surface area (Å²) in [5, 5.41) is 2.80. The van der Waals surface area contributed by atoms with E-state index >= 15 is 0 Å². The van der Waals surface area contributed by atoms with Gasteiger partial charge in [-0.15, -0.1) is 0 Å². The van der Waals surface area contributed by atoms with Gasteiger partial charge in [0, 0.05) is 13.2 Å². The molecule has 0 aromatic carbocycles. The van der Waals surface area contributed by atoms with Gasteiger partial charge in [-0.2, -0.15) is 0 Å². The minimum absolute atomic E-state index is 0.0534. The second kappa shape index (κ2) is 8.68. The molecular formula is C11H24N2O2. The molecule has 0 fully saturated rings. The minimum Gasteiger partial charge on any atom is -0.379 e. The van der Waals surface area contributed by atoms with Crippen LogP contribution in [0.15, 0.2) is 0 Å². The maximum Gasteiger partial charge on any atom is 0.236 e. The van der Waals surface area contributed by atoms with E-state index in [1.54, 1.807) is 0 Å². The van der Waals surface area contributed by atoms with E-state index in [0.29, 0.717) is 13.0 Å². The molecule has 0 aliphatic rings. The summed E-state index contributed by atoms with van der Waals surface area (Å²) in [7, 11) is 0. The average Bonchev–Trinajstić information content (AvgIpc) is 2.21. The molecule has 4 heteroatoms. The second-order valence-corrected chi connectivity index (χ2v) is 3.93. The highest BCUT2D eigenvalue weighted by Gasteiger charge is 2.08. The first-order valence-electron chi connectivity index (χ1n) is 5.72. The smallest absolute Gasteiger partial charge is 0.236 e. The van der Waals surface area contributed by atoms with Crippen LogP contribution in [-0.2, 0) is 9.53 Å². The van der Waals surface area contributed by atoms with Crippen LogP contribution in [0.5, 0.6) is 0 Å². The molecule has 90 valence electrons. The molecule has 1 atom stereocenters. The zero-order valence-electron chi connectivity index (χ0n) is 10.1. The first-order valence-corrected chi connectivity index (χ1v) is 5.72. The highest BCUT2D eigenvalue weighted by atomic mass is 16.5. The number of nitrogens with one attached hydrogen (secondary N) is 1. The summed E-state index contributed by atoms with van der Waals surface area (Å²) in [6, 6.07) is -0.364. The quantitative estimate of drug-likeness (QED) is 0.596. The van der Waals surface area contributed by atoms with Crippen molar-refractivity contribution >= 4 is 5.91 Å². The van der Waals surface area contributed by atoms with Gasteiger partial charge in [0.1, 0.15) is 0 Å². The van der Waals surface area contributed by atoms with E-state index in [4.69, 9.17) is 10.5 Å². The molecule has 0 aliphatic carbocycles. The predicted molar refractivity (Wildman–Crippen MR) is 61.6 cm³/mol. The molecule has 0 radical (unpaired) electrons. The lowest BCUT2D eigenvalue weighted by atomic mass is 10.2. The summed E-state index contributed by atoms with van der Waals surface area (Å²) in [5.41, 5.74) is 5.56.